The van der Waals surface area contributed by atoms with Crippen molar-refractivity contribution in [2.75, 3.05) is 18.6 Å². The average molecular weight is 177 g/mol. The van der Waals surface area contributed by atoms with Crippen molar-refractivity contribution in [3.8, 4) is 0 Å². The number of amides is 1. The summed E-state index contributed by atoms with van der Waals surface area (Å²) in [5.41, 5.74) is 0. The van der Waals surface area contributed by atoms with Gasteiger partial charge >= 0.3 is 5.97 Å². The van der Waals surface area contributed by atoms with Crippen LogP contribution in [-0.4, -0.2) is 35.5 Å². The maximum absolute atomic E-state index is 10.6. The minimum atomic E-state index is -0.841. The summed E-state index contributed by atoms with van der Waals surface area (Å²) in [5.74, 6) is -0.266. The summed E-state index contributed by atoms with van der Waals surface area (Å²) >= 11 is 1.24. The summed E-state index contributed by atoms with van der Waals surface area (Å²) < 4.78 is 0. The number of hydrogen-bond donors (Lipinski definition) is 2. The van der Waals surface area contributed by atoms with Gasteiger partial charge in [-0.25, -0.2) is 0 Å². The van der Waals surface area contributed by atoms with Gasteiger partial charge in [0, 0.05) is 19.2 Å². The molecular formula is C6H11NO3S. The van der Waals surface area contributed by atoms with Crippen LogP contribution >= 0.6 is 11.8 Å². The van der Waals surface area contributed by atoms with E-state index in [0.29, 0.717) is 12.2 Å². The predicted octanol–water partition coefficient (Wildman–Crippen LogP) is -0.0597. The van der Waals surface area contributed by atoms with Crippen molar-refractivity contribution in [1.29, 1.82) is 0 Å². The molecule has 0 aliphatic carbocycles. The van der Waals surface area contributed by atoms with Crippen molar-refractivity contribution in [2.24, 2.45) is 0 Å². The molecule has 0 heterocycles. The van der Waals surface area contributed by atoms with E-state index >= 15 is 0 Å². The molecule has 0 unspecified atom stereocenters. The maximum atomic E-state index is 10.6. The maximum Gasteiger partial charge on any atom is 0.313 e. The molecule has 0 aliphatic heterocycles. The molecule has 5 heteroatoms. The zero-order chi connectivity index (χ0) is 8.69. The summed E-state index contributed by atoms with van der Waals surface area (Å²) in [5, 5.41) is 10.7. The highest BCUT2D eigenvalue weighted by Gasteiger charge is 1.99. The molecule has 0 spiro atoms. The number of rotatable bonds is 5. The Hall–Kier alpha value is -0.710. The molecule has 4 nitrogen and oxygen atoms in total. The Bertz CT molecular complexity index is 149. The normalized spacial score (nSPS) is 9.18. The fourth-order valence-corrected chi connectivity index (χ4v) is 1.10. The van der Waals surface area contributed by atoms with Crippen molar-refractivity contribution in [2.45, 2.75) is 6.42 Å². The topological polar surface area (TPSA) is 66.4 Å². The highest BCUT2D eigenvalue weighted by Crippen LogP contribution is 2.00. The van der Waals surface area contributed by atoms with E-state index in [9.17, 15) is 9.59 Å². The molecule has 0 fully saturated rings. The lowest BCUT2D eigenvalue weighted by Gasteiger charge is -1.97. The van der Waals surface area contributed by atoms with Gasteiger partial charge in [-0.3, -0.25) is 9.59 Å². The molecule has 1 amide bonds. The molecule has 0 bridgehead atoms. The van der Waals surface area contributed by atoms with Crippen LogP contribution in [0.3, 0.4) is 0 Å². The van der Waals surface area contributed by atoms with Crippen LogP contribution in [0.2, 0.25) is 0 Å². The van der Waals surface area contributed by atoms with E-state index in [-0.39, 0.29) is 11.7 Å². The van der Waals surface area contributed by atoms with Crippen LogP contribution in [0.1, 0.15) is 6.42 Å². The summed E-state index contributed by atoms with van der Waals surface area (Å²) in [7, 11) is 1.56. The Morgan fingerprint density at radius 3 is 2.64 bits per heavy atom. The van der Waals surface area contributed by atoms with Gasteiger partial charge in [-0.05, 0) is 0 Å². The number of nitrogens with one attached hydrogen (secondary N) is 1. The van der Waals surface area contributed by atoms with Gasteiger partial charge < -0.3 is 10.4 Å². The van der Waals surface area contributed by atoms with Crippen molar-refractivity contribution >= 4 is 23.6 Å². The molecule has 64 valence electrons. The van der Waals surface area contributed by atoms with Gasteiger partial charge in [0.25, 0.3) is 0 Å². The van der Waals surface area contributed by atoms with Crippen LogP contribution < -0.4 is 5.32 Å². The first kappa shape index (κ1) is 10.3. The van der Waals surface area contributed by atoms with Gasteiger partial charge in [0.15, 0.2) is 0 Å². The number of carboxylic acids is 1. The Morgan fingerprint density at radius 1 is 1.55 bits per heavy atom. The molecule has 0 aromatic carbocycles. The molecule has 2 N–H and O–H groups in total. The van der Waals surface area contributed by atoms with E-state index in [0.717, 1.165) is 0 Å². The quantitative estimate of drug-likeness (QED) is 0.577. The third-order valence-corrected chi connectivity index (χ3v) is 1.92. The Kier molecular flexibility index (Phi) is 5.64. The van der Waals surface area contributed by atoms with Gasteiger partial charge in [-0.15, -0.1) is 11.8 Å². The molecule has 0 aromatic heterocycles. The zero-order valence-electron chi connectivity index (χ0n) is 6.29. The van der Waals surface area contributed by atoms with Crippen LogP contribution in [0, 0.1) is 0 Å². The van der Waals surface area contributed by atoms with Gasteiger partial charge in [0.05, 0.1) is 5.75 Å². The molecule has 0 saturated carbocycles. The number of carboxylic acid groups (broad SMARTS) is 1. The summed E-state index contributed by atoms with van der Waals surface area (Å²) in [4.78, 5) is 20.6. The van der Waals surface area contributed by atoms with E-state index < -0.39 is 5.97 Å². The molecule has 0 saturated heterocycles. The molecule has 0 aromatic rings. The number of thioether (sulfide) groups is 1. The van der Waals surface area contributed by atoms with Crippen LogP contribution in [0.25, 0.3) is 0 Å². The first-order valence-corrected chi connectivity index (χ1v) is 4.32. The second-order valence-electron chi connectivity index (χ2n) is 1.87. The molecule has 11 heavy (non-hydrogen) atoms. The van der Waals surface area contributed by atoms with Crippen molar-refractivity contribution in [3.63, 3.8) is 0 Å². The number of hydrogen-bond acceptors (Lipinski definition) is 3. The first-order valence-electron chi connectivity index (χ1n) is 3.17. The standard InChI is InChI=1S/C6H11NO3S/c1-7-5(8)2-3-11-4-6(9)10/h2-4H2,1H3,(H,7,8)(H,9,10). The number of carbonyl (C=O) groups excluding carboxylic acids is 1. The highest BCUT2D eigenvalue weighted by molar-refractivity contribution is 7.99. The van der Waals surface area contributed by atoms with E-state index in [2.05, 4.69) is 5.32 Å². The molecule has 0 aliphatic rings. The largest absolute Gasteiger partial charge is 0.481 e. The molecule has 0 atom stereocenters. The summed E-state index contributed by atoms with van der Waals surface area (Å²) in [6.45, 7) is 0. The van der Waals surface area contributed by atoms with Gasteiger partial charge in [0.1, 0.15) is 0 Å². The molecule has 0 radical (unpaired) electrons. The Balaban J connectivity index is 3.14. The lowest BCUT2D eigenvalue weighted by Crippen LogP contribution is -2.18. The van der Waals surface area contributed by atoms with Crippen molar-refractivity contribution < 1.29 is 14.7 Å². The van der Waals surface area contributed by atoms with Crippen molar-refractivity contribution in [1.82, 2.24) is 5.32 Å². The third kappa shape index (κ3) is 7.18. The van der Waals surface area contributed by atoms with Crippen LogP contribution in [0.15, 0.2) is 0 Å². The van der Waals surface area contributed by atoms with Gasteiger partial charge in [0.2, 0.25) is 5.91 Å². The fourth-order valence-electron chi connectivity index (χ4n) is 0.449. The highest BCUT2D eigenvalue weighted by atomic mass is 32.2. The van der Waals surface area contributed by atoms with E-state index in [1.807, 2.05) is 0 Å². The molecular weight excluding hydrogens is 166 g/mol. The predicted molar refractivity (Wildman–Crippen MR) is 43.6 cm³/mol. The second kappa shape index (κ2) is 6.03. The first-order chi connectivity index (χ1) is 5.16. The van der Waals surface area contributed by atoms with Crippen LogP contribution in [-0.2, 0) is 9.59 Å². The minimum Gasteiger partial charge on any atom is -0.481 e. The minimum absolute atomic E-state index is 0.0529. The average Bonchev–Trinajstić information content (AvgIpc) is 1.97. The Morgan fingerprint density at radius 2 is 2.18 bits per heavy atom. The fraction of sp³-hybridized carbons (Fsp3) is 0.667. The summed E-state index contributed by atoms with van der Waals surface area (Å²) in [6, 6.07) is 0. The SMILES string of the molecule is CNC(=O)CCSCC(=O)O. The smallest absolute Gasteiger partial charge is 0.313 e. The van der Waals surface area contributed by atoms with Crippen LogP contribution in [0.5, 0.6) is 0 Å². The van der Waals surface area contributed by atoms with Gasteiger partial charge in [-0.1, -0.05) is 0 Å². The van der Waals surface area contributed by atoms with Gasteiger partial charge in [-0.2, -0.15) is 0 Å². The third-order valence-electron chi connectivity index (χ3n) is 0.978. The number of aliphatic carboxylic acids is 1. The van der Waals surface area contributed by atoms with E-state index in [4.69, 9.17) is 5.11 Å². The summed E-state index contributed by atoms with van der Waals surface area (Å²) in [6.07, 6.45) is 0.383. The molecule has 0 rings (SSSR count). The van der Waals surface area contributed by atoms with E-state index in [1.165, 1.54) is 11.8 Å². The van der Waals surface area contributed by atoms with Crippen LogP contribution in [0.4, 0.5) is 0 Å². The zero-order valence-corrected chi connectivity index (χ0v) is 7.11. The lowest BCUT2D eigenvalue weighted by molar-refractivity contribution is -0.134. The van der Waals surface area contributed by atoms with Crippen molar-refractivity contribution in [3.05, 3.63) is 0 Å². The second-order valence-corrected chi connectivity index (χ2v) is 2.97. The monoisotopic (exact) mass is 177 g/mol. The Labute approximate surface area is 69.4 Å². The lowest BCUT2D eigenvalue weighted by atomic mass is 10.5. The number of carbonyl (C=O) groups is 2. The van der Waals surface area contributed by atoms with E-state index in [1.54, 1.807) is 7.05 Å².